The van der Waals surface area contributed by atoms with Crippen molar-refractivity contribution in [1.82, 2.24) is 0 Å². The molecule has 9 heteroatoms. The maximum atomic E-state index is 11.3. The minimum absolute atomic E-state index is 0. The summed E-state index contributed by atoms with van der Waals surface area (Å²) in [6.07, 6.45) is 11.6. The van der Waals surface area contributed by atoms with Crippen LogP contribution in [-0.4, -0.2) is 44.9 Å². The van der Waals surface area contributed by atoms with Gasteiger partial charge in [0, 0.05) is 19.8 Å². The van der Waals surface area contributed by atoms with Crippen LogP contribution in [0.25, 0.3) is 0 Å². The van der Waals surface area contributed by atoms with Crippen LogP contribution >= 0.6 is 0 Å². The van der Waals surface area contributed by atoms with Gasteiger partial charge in [0.2, 0.25) is 10.4 Å². The fraction of sp³-hybridized carbons (Fsp3) is 1.00. The molecule has 0 aromatic rings. The predicted octanol–water partition coefficient (Wildman–Crippen LogP) is 1.91. The van der Waals surface area contributed by atoms with Crippen LogP contribution in [0.1, 0.15) is 98.3 Å². The molecule has 7 nitrogen and oxygen atoms in total. The molecule has 0 aliphatic rings. The molecular formula is C20H41NaO7S. The number of hydrogen-bond donors (Lipinski definition) is 0. The third-order valence-corrected chi connectivity index (χ3v) is 4.93. The van der Waals surface area contributed by atoms with Crippen LogP contribution in [0.15, 0.2) is 0 Å². The quantitative estimate of drug-likeness (QED) is 0.0923. The molecular weight excluding hydrogens is 407 g/mol. The van der Waals surface area contributed by atoms with Crippen LogP contribution in [0.5, 0.6) is 0 Å². The minimum Gasteiger partial charge on any atom is -0.725 e. The maximum absolute atomic E-state index is 11.3. The van der Waals surface area contributed by atoms with Gasteiger partial charge in [-0.3, -0.25) is 0 Å². The van der Waals surface area contributed by atoms with Gasteiger partial charge in [0.1, 0.15) is 6.10 Å². The van der Waals surface area contributed by atoms with Crippen molar-refractivity contribution in [1.29, 1.82) is 0 Å². The summed E-state index contributed by atoms with van der Waals surface area (Å²) in [6, 6.07) is 0. The molecule has 0 aromatic heterocycles. The van der Waals surface area contributed by atoms with Crippen molar-refractivity contribution < 1.29 is 60.9 Å². The molecule has 0 aromatic carbocycles. The third kappa shape index (κ3) is 16.1. The Morgan fingerprint density at radius 2 is 1.21 bits per heavy atom. The molecule has 0 spiro atoms. The van der Waals surface area contributed by atoms with Gasteiger partial charge in [0.25, 0.3) is 0 Å². The fourth-order valence-corrected chi connectivity index (χ4v) is 3.74. The number of unbranched alkanes of at least 4 members (excludes halogenated alkanes) is 9. The van der Waals surface area contributed by atoms with Crippen LogP contribution in [-0.2, 0) is 28.8 Å². The smallest absolute Gasteiger partial charge is 0.725 e. The largest absolute Gasteiger partial charge is 1.00 e. The standard InChI is InChI=1S/C20H42O7S.Na/c1-5-9-10-11-12-13-14-15-16-17-18-19(24-6-2)20(25-7-3,26-8-4)27-28(21,22)23;/h19H,5-18H2,1-4H3,(H,21,22,23);/q;+1/p-1. The van der Waals surface area contributed by atoms with E-state index in [1.807, 2.05) is 0 Å². The van der Waals surface area contributed by atoms with Gasteiger partial charge in [-0.2, -0.15) is 0 Å². The molecule has 0 amide bonds. The summed E-state index contributed by atoms with van der Waals surface area (Å²) in [5, 5.41) is 0. The zero-order valence-electron chi connectivity index (χ0n) is 19.2. The molecule has 1 atom stereocenters. The maximum Gasteiger partial charge on any atom is 1.00 e. The van der Waals surface area contributed by atoms with Crippen molar-refractivity contribution in [2.45, 2.75) is 110 Å². The molecule has 29 heavy (non-hydrogen) atoms. The van der Waals surface area contributed by atoms with Crippen molar-refractivity contribution in [3.05, 3.63) is 0 Å². The van der Waals surface area contributed by atoms with Crippen molar-refractivity contribution in [2.24, 2.45) is 0 Å². The zero-order chi connectivity index (χ0) is 21.3. The van der Waals surface area contributed by atoms with Crippen LogP contribution in [0, 0.1) is 0 Å². The van der Waals surface area contributed by atoms with E-state index < -0.39 is 22.5 Å². The van der Waals surface area contributed by atoms with Gasteiger partial charge < -0.3 is 18.8 Å². The van der Waals surface area contributed by atoms with E-state index in [0.717, 1.165) is 19.3 Å². The monoisotopic (exact) mass is 448 g/mol. The van der Waals surface area contributed by atoms with Crippen LogP contribution in [0.4, 0.5) is 0 Å². The summed E-state index contributed by atoms with van der Waals surface area (Å²) in [5.41, 5.74) is 0. The van der Waals surface area contributed by atoms with E-state index in [1.54, 1.807) is 20.8 Å². The van der Waals surface area contributed by atoms with Crippen LogP contribution in [0.3, 0.4) is 0 Å². The Hall–Kier alpha value is 0.750. The Labute approximate surface area is 200 Å². The van der Waals surface area contributed by atoms with Crippen molar-refractivity contribution in [3.8, 4) is 0 Å². The second kappa shape index (κ2) is 19.4. The third-order valence-electron chi connectivity index (χ3n) is 4.49. The van der Waals surface area contributed by atoms with Gasteiger partial charge >= 0.3 is 35.5 Å². The molecule has 170 valence electrons. The summed E-state index contributed by atoms with van der Waals surface area (Å²) in [7, 11) is -5.02. The summed E-state index contributed by atoms with van der Waals surface area (Å²) < 4.78 is 55.0. The summed E-state index contributed by atoms with van der Waals surface area (Å²) in [5.74, 6) is -2.03. The second-order valence-electron chi connectivity index (χ2n) is 6.88. The van der Waals surface area contributed by atoms with Crippen molar-refractivity contribution >= 4 is 10.4 Å². The van der Waals surface area contributed by atoms with E-state index in [-0.39, 0.29) is 42.8 Å². The first-order valence-corrected chi connectivity index (χ1v) is 12.2. The van der Waals surface area contributed by atoms with Gasteiger partial charge in [-0.25, -0.2) is 12.6 Å². The fourth-order valence-electron chi connectivity index (χ4n) is 3.25. The Balaban J connectivity index is 0. The molecule has 0 radical (unpaired) electrons. The van der Waals surface area contributed by atoms with E-state index in [0.29, 0.717) is 13.0 Å². The molecule has 0 rings (SSSR count). The number of hydrogen-bond acceptors (Lipinski definition) is 7. The zero-order valence-corrected chi connectivity index (χ0v) is 22.1. The molecule has 0 aliphatic carbocycles. The molecule has 0 saturated heterocycles. The first-order valence-electron chi connectivity index (χ1n) is 10.9. The van der Waals surface area contributed by atoms with E-state index in [2.05, 4.69) is 6.92 Å². The Morgan fingerprint density at radius 1 is 0.759 bits per heavy atom. The van der Waals surface area contributed by atoms with Crippen LogP contribution < -0.4 is 29.6 Å². The van der Waals surface area contributed by atoms with Gasteiger partial charge in [-0.15, -0.1) is 0 Å². The van der Waals surface area contributed by atoms with Gasteiger partial charge in [0.15, 0.2) is 0 Å². The van der Waals surface area contributed by atoms with E-state index in [9.17, 15) is 13.0 Å². The van der Waals surface area contributed by atoms with Gasteiger partial charge in [0.05, 0.1) is 0 Å². The Kier molecular flexibility index (Phi) is 21.4. The Morgan fingerprint density at radius 3 is 1.59 bits per heavy atom. The molecule has 0 heterocycles. The van der Waals surface area contributed by atoms with Crippen molar-refractivity contribution in [2.75, 3.05) is 19.8 Å². The van der Waals surface area contributed by atoms with E-state index in [4.69, 9.17) is 18.4 Å². The number of ether oxygens (including phenoxy) is 3. The first kappa shape index (κ1) is 31.9. The SMILES string of the molecule is CCCCCCCCCCCCC(OCC)C(OCC)(OCC)OS(=O)(=O)[O-].[Na+]. The molecule has 0 saturated carbocycles. The normalized spacial score (nSPS) is 13.3. The molecule has 0 N–H and O–H groups in total. The number of rotatable bonds is 20. The van der Waals surface area contributed by atoms with Gasteiger partial charge in [-0.05, 0) is 27.2 Å². The summed E-state index contributed by atoms with van der Waals surface area (Å²) in [4.78, 5) is 0. The molecule has 1 unspecified atom stereocenters. The molecule has 0 bridgehead atoms. The summed E-state index contributed by atoms with van der Waals surface area (Å²) in [6.45, 7) is 7.94. The van der Waals surface area contributed by atoms with E-state index in [1.165, 1.54) is 44.9 Å². The summed E-state index contributed by atoms with van der Waals surface area (Å²) >= 11 is 0. The minimum atomic E-state index is -5.02. The average molecular weight is 449 g/mol. The molecule has 0 fully saturated rings. The Bertz CT molecular complexity index is 454. The second-order valence-corrected chi connectivity index (χ2v) is 7.86. The predicted molar refractivity (Wildman–Crippen MR) is 109 cm³/mol. The van der Waals surface area contributed by atoms with Crippen LogP contribution in [0.2, 0.25) is 0 Å². The molecule has 0 aliphatic heterocycles. The first-order chi connectivity index (χ1) is 13.3. The average Bonchev–Trinajstić information content (AvgIpc) is 2.61. The van der Waals surface area contributed by atoms with Gasteiger partial charge in [-0.1, -0.05) is 71.1 Å². The van der Waals surface area contributed by atoms with Crippen molar-refractivity contribution in [3.63, 3.8) is 0 Å². The van der Waals surface area contributed by atoms with E-state index >= 15 is 0 Å². The topological polar surface area (TPSA) is 94.1 Å².